The van der Waals surface area contributed by atoms with Crippen LogP contribution in [0, 0.1) is 0 Å². The summed E-state index contributed by atoms with van der Waals surface area (Å²) in [4.78, 5) is 22.0. The number of benzene rings is 1. The SMILES string of the molecule is CC(=O)NCCNCC(=O)Nc1ccccc1. The minimum atomic E-state index is -0.0981. The zero-order chi connectivity index (χ0) is 12.5. The van der Waals surface area contributed by atoms with Crippen molar-refractivity contribution in [3.8, 4) is 0 Å². The standard InChI is InChI=1S/C12H17N3O2/c1-10(16)14-8-7-13-9-12(17)15-11-5-3-2-4-6-11/h2-6,13H,7-9H2,1H3,(H,14,16)(H,15,17). The van der Waals surface area contributed by atoms with Crippen molar-refractivity contribution in [3.05, 3.63) is 30.3 Å². The molecule has 0 radical (unpaired) electrons. The maximum atomic E-state index is 11.4. The second-order valence-corrected chi connectivity index (χ2v) is 3.57. The molecule has 0 spiro atoms. The summed E-state index contributed by atoms with van der Waals surface area (Å²) in [5.74, 6) is -0.167. The molecule has 3 N–H and O–H groups in total. The van der Waals surface area contributed by atoms with Gasteiger partial charge in [-0.25, -0.2) is 0 Å². The number of anilines is 1. The average molecular weight is 235 g/mol. The molecule has 0 fully saturated rings. The molecule has 5 nitrogen and oxygen atoms in total. The van der Waals surface area contributed by atoms with E-state index in [4.69, 9.17) is 0 Å². The average Bonchev–Trinajstić information content (AvgIpc) is 2.29. The van der Waals surface area contributed by atoms with Crippen LogP contribution in [0.2, 0.25) is 0 Å². The lowest BCUT2D eigenvalue weighted by molar-refractivity contribution is -0.118. The lowest BCUT2D eigenvalue weighted by Crippen LogP contribution is -2.34. The fraction of sp³-hybridized carbons (Fsp3) is 0.333. The predicted molar refractivity (Wildman–Crippen MR) is 66.6 cm³/mol. The smallest absolute Gasteiger partial charge is 0.238 e. The first kappa shape index (κ1) is 13.2. The third-order valence-electron chi connectivity index (χ3n) is 2.02. The Morgan fingerprint density at radius 2 is 1.82 bits per heavy atom. The number of rotatable bonds is 6. The van der Waals surface area contributed by atoms with Crippen molar-refractivity contribution in [2.24, 2.45) is 0 Å². The number of nitrogens with one attached hydrogen (secondary N) is 3. The molecule has 1 aromatic rings. The van der Waals surface area contributed by atoms with Crippen LogP contribution in [0.25, 0.3) is 0 Å². The molecule has 0 aliphatic heterocycles. The van der Waals surface area contributed by atoms with Crippen molar-refractivity contribution >= 4 is 17.5 Å². The highest BCUT2D eigenvalue weighted by atomic mass is 16.2. The van der Waals surface area contributed by atoms with E-state index in [1.807, 2.05) is 30.3 Å². The van der Waals surface area contributed by atoms with Crippen LogP contribution in [-0.2, 0) is 9.59 Å². The van der Waals surface area contributed by atoms with Crippen molar-refractivity contribution in [3.63, 3.8) is 0 Å². The Morgan fingerprint density at radius 3 is 2.47 bits per heavy atom. The molecule has 0 saturated heterocycles. The first-order chi connectivity index (χ1) is 8.18. The molecule has 5 heteroatoms. The van der Waals surface area contributed by atoms with Crippen LogP contribution in [0.4, 0.5) is 5.69 Å². The fourth-order valence-corrected chi connectivity index (χ4v) is 1.26. The summed E-state index contributed by atoms with van der Waals surface area (Å²) in [7, 11) is 0. The molecule has 0 atom stereocenters. The maximum absolute atomic E-state index is 11.4. The van der Waals surface area contributed by atoms with Crippen LogP contribution in [0.3, 0.4) is 0 Å². The largest absolute Gasteiger partial charge is 0.355 e. The Morgan fingerprint density at radius 1 is 1.12 bits per heavy atom. The molecule has 0 aliphatic carbocycles. The quantitative estimate of drug-likeness (QED) is 0.623. The first-order valence-corrected chi connectivity index (χ1v) is 5.48. The van der Waals surface area contributed by atoms with E-state index in [2.05, 4.69) is 16.0 Å². The summed E-state index contributed by atoms with van der Waals surface area (Å²) in [6.45, 7) is 2.78. The van der Waals surface area contributed by atoms with Crippen molar-refractivity contribution in [1.82, 2.24) is 10.6 Å². The van der Waals surface area contributed by atoms with Crippen molar-refractivity contribution in [2.75, 3.05) is 25.0 Å². The van der Waals surface area contributed by atoms with E-state index < -0.39 is 0 Å². The van der Waals surface area contributed by atoms with Gasteiger partial charge in [0.25, 0.3) is 0 Å². The van der Waals surface area contributed by atoms with E-state index in [0.29, 0.717) is 13.1 Å². The summed E-state index contributed by atoms with van der Waals surface area (Å²) >= 11 is 0. The number of amides is 2. The highest BCUT2D eigenvalue weighted by molar-refractivity contribution is 5.92. The van der Waals surface area contributed by atoms with Gasteiger partial charge in [0, 0.05) is 25.7 Å². The van der Waals surface area contributed by atoms with Crippen molar-refractivity contribution in [2.45, 2.75) is 6.92 Å². The second-order valence-electron chi connectivity index (χ2n) is 3.57. The number of carbonyl (C=O) groups is 2. The van der Waals surface area contributed by atoms with Gasteiger partial charge < -0.3 is 16.0 Å². The molecule has 0 unspecified atom stereocenters. The predicted octanol–water partition coefficient (Wildman–Crippen LogP) is 0.351. The Labute approximate surface area is 101 Å². The minimum absolute atomic E-state index is 0.0689. The van der Waals surface area contributed by atoms with Crippen LogP contribution >= 0.6 is 0 Å². The van der Waals surface area contributed by atoms with E-state index in [0.717, 1.165) is 5.69 Å². The third-order valence-corrected chi connectivity index (χ3v) is 2.02. The zero-order valence-corrected chi connectivity index (χ0v) is 9.82. The van der Waals surface area contributed by atoms with Crippen LogP contribution in [-0.4, -0.2) is 31.4 Å². The molecule has 1 aromatic carbocycles. The van der Waals surface area contributed by atoms with E-state index in [-0.39, 0.29) is 18.4 Å². The monoisotopic (exact) mass is 235 g/mol. The molecule has 0 aromatic heterocycles. The van der Waals surface area contributed by atoms with Gasteiger partial charge >= 0.3 is 0 Å². The van der Waals surface area contributed by atoms with Gasteiger partial charge in [-0.3, -0.25) is 9.59 Å². The normalized spacial score (nSPS) is 9.71. The van der Waals surface area contributed by atoms with Gasteiger partial charge in [0.15, 0.2) is 0 Å². The van der Waals surface area contributed by atoms with Crippen LogP contribution in [0.5, 0.6) is 0 Å². The van der Waals surface area contributed by atoms with Crippen LogP contribution in [0.15, 0.2) is 30.3 Å². The molecule has 92 valence electrons. The molecule has 0 saturated carbocycles. The Bertz CT molecular complexity index is 365. The van der Waals surface area contributed by atoms with E-state index in [9.17, 15) is 9.59 Å². The van der Waals surface area contributed by atoms with E-state index in [1.165, 1.54) is 6.92 Å². The Kier molecular flexibility index (Phi) is 5.74. The van der Waals surface area contributed by atoms with Crippen molar-refractivity contribution in [1.29, 1.82) is 0 Å². The molecule has 0 bridgehead atoms. The molecule has 0 aliphatic rings. The third kappa shape index (κ3) is 6.32. The summed E-state index contributed by atoms with van der Waals surface area (Å²) in [6, 6.07) is 9.27. The minimum Gasteiger partial charge on any atom is -0.355 e. The summed E-state index contributed by atoms with van der Waals surface area (Å²) in [5, 5.41) is 8.32. The van der Waals surface area contributed by atoms with Gasteiger partial charge in [-0.05, 0) is 12.1 Å². The Balaban J connectivity index is 2.12. The van der Waals surface area contributed by atoms with Gasteiger partial charge in [0.1, 0.15) is 0 Å². The zero-order valence-electron chi connectivity index (χ0n) is 9.82. The van der Waals surface area contributed by atoms with Gasteiger partial charge in [-0.2, -0.15) is 0 Å². The van der Waals surface area contributed by atoms with Gasteiger partial charge in [-0.1, -0.05) is 18.2 Å². The number of carbonyl (C=O) groups excluding carboxylic acids is 2. The first-order valence-electron chi connectivity index (χ1n) is 5.48. The maximum Gasteiger partial charge on any atom is 0.238 e. The van der Waals surface area contributed by atoms with Crippen LogP contribution < -0.4 is 16.0 Å². The van der Waals surface area contributed by atoms with Gasteiger partial charge in [-0.15, -0.1) is 0 Å². The molecular formula is C12H17N3O2. The number of hydrogen-bond donors (Lipinski definition) is 3. The lowest BCUT2D eigenvalue weighted by atomic mass is 10.3. The number of hydrogen-bond acceptors (Lipinski definition) is 3. The summed E-state index contributed by atoms with van der Waals surface area (Å²) in [5.41, 5.74) is 0.779. The topological polar surface area (TPSA) is 70.2 Å². The molecule has 17 heavy (non-hydrogen) atoms. The van der Waals surface area contributed by atoms with Gasteiger partial charge in [0.2, 0.25) is 11.8 Å². The summed E-state index contributed by atoms with van der Waals surface area (Å²) < 4.78 is 0. The summed E-state index contributed by atoms with van der Waals surface area (Å²) in [6.07, 6.45) is 0. The van der Waals surface area contributed by atoms with Gasteiger partial charge in [0.05, 0.1) is 6.54 Å². The molecular weight excluding hydrogens is 218 g/mol. The molecule has 2 amide bonds. The number of para-hydroxylation sites is 1. The highest BCUT2D eigenvalue weighted by Crippen LogP contribution is 2.03. The van der Waals surface area contributed by atoms with E-state index in [1.54, 1.807) is 0 Å². The lowest BCUT2D eigenvalue weighted by Gasteiger charge is -2.06. The molecule has 1 rings (SSSR count). The van der Waals surface area contributed by atoms with Crippen LogP contribution in [0.1, 0.15) is 6.92 Å². The fourth-order valence-electron chi connectivity index (χ4n) is 1.26. The van der Waals surface area contributed by atoms with E-state index >= 15 is 0 Å². The Hall–Kier alpha value is -1.88. The molecule has 0 heterocycles. The second kappa shape index (κ2) is 7.40. The van der Waals surface area contributed by atoms with Crippen molar-refractivity contribution < 1.29 is 9.59 Å². The highest BCUT2D eigenvalue weighted by Gasteiger charge is 2.00.